The molecule has 0 unspecified atom stereocenters. The number of ether oxygens (including phenoxy) is 2. The first-order valence-corrected chi connectivity index (χ1v) is 9.59. The van der Waals surface area contributed by atoms with Crippen molar-refractivity contribution in [1.82, 2.24) is 10.2 Å². The van der Waals surface area contributed by atoms with Gasteiger partial charge in [-0.1, -0.05) is 6.08 Å². The highest BCUT2D eigenvalue weighted by Gasteiger charge is 2.63. The third kappa shape index (κ3) is 1.85. The second kappa shape index (κ2) is 5.45. The number of methoxy groups -OCH3 is 1. The fourth-order valence-corrected chi connectivity index (χ4v) is 5.17. The average Bonchev–Trinajstić information content (AvgIpc) is 3.17. The summed E-state index contributed by atoms with van der Waals surface area (Å²) in [5.41, 5.74) is 8.63. The van der Waals surface area contributed by atoms with Gasteiger partial charge in [0.15, 0.2) is 0 Å². The van der Waals surface area contributed by atoms with Gasteiger partial charge in [-0.05, 0) is 45.4 Å². The van der Waals surface area contributed by atoms with Gasteiger partial charge < -0.3 is 20.1 Å². The van der Waals surface area contributed by atoms with Gasteiger partial charge in [0, 0.05) is 16.8 Å². The molecule has 3 N–H and O–H groups in total. The average molecular weight is 403 g/mol. The van der Waals surface area contributed by atoms with Crippen molar-refractivity contribution in [2.45, 2.75) is 38.6 Å². The molecule has 8 nitrogen and oxygen atoms in total. The van der Waals surface area contributed by atoms with E-state index in [4.69, 9.17) is 15.2 Å². The van der Waals surface area contributed by atoms with Crippen LogP contribution in [-0.4, -0.2) is 28.8 Å². The minimum absolute atomic E-state index is 0.0582. The van der Waals surface area contributed by atoms with E-state index >= 15 is 0 Å². The highest BCUT2D eigenvalue weighted by Crippen LogP contribution is 2.60. The highest BCUT2D eigenvalue weighted by atomic mass is 16.5. The lowest BCUT2D eigenvalue weighted by Crippen LogP contribution is -2.53. The monoisotopic (exact) mass is 403 g/mol. The maximum atomic E-state index is 14.3. The Balaban J connectivity index is 2.01. The number of nitrogens with two attached hydrogens (primary N) is 1. The fourth-order valence-electron chi connectivity index (χ4n) is 5.17. The SMILES string of the molecule is COc1cc2c3c(c1)[C@]1(C(=O)N3C(C)(C)C=C2C)C(C#N)=C(N)Oc2n[nH]c(C)c21. The molecule has 1 atom stereocenters. The Labute approximate surface area is 173 Å². The Morgan fingerprint density at radius 3 is 2.73 bits per heavy atom. The Kier molecular flexibility index (Phi) is 3.32. The molecule has 0 radical (unpaired) electrons. The Bertz CT molecular complexity index is 1260. The van der Waals surface area contributed by atoms with Gasteiger partial charge >= 0.3 is 0 Å². The Hall–Kier alpha value is -3.73. The summed E-state index contributed by atoms with van der Waals surface area (Å²) >= 11 is 0. The van der Waals surface area contributed by atoms with E-state index in [1.807, 2.05) is 32.9 Å². The van der Waals surface area contributed by atoms with Gasteiger partial charge in [0.25, 0.3) is 0 Å². The van der Waals surface area contributed by atoms with Crippen LogP contribution in [0.5, 0.6) is 11.6 Å². The molecule has 3 aliphatic heterocycles. The maximum Gasteiger partial charge on any atom is 0.248 e. The van der Waals surface area contributed by atoms with E-state index in [-0.39, 0.29) is 23.2 Å². The smallest absolute Gasteiger partial charge is 0.248 e. The molecule has 1 spiro atoms. The number of rotatable bonds is 1. The van der Waals surface area contributed by atoms with Crippen molar-refractivity contribution in [1.29, 1.82) is 5.26 Å². The summed E-state index contributed by atoms with van der Waals surface area (Å²) in [5.74, 6) is 0.421. The number of allylic oxidation sites excluding steroid dienone is 1. The van der Waals surface area contributed by atoms with Crippen LogP contribution in [0.15, 0.2) is 29.7 Å². The summed E-state index contributed by atoms with van der Waals surface area (Å²) in [4.78, 5) is 16.1. The predicted molar refractivity (Wildman–Crippen MR) is 110 cm³/mol. The number of carbonyl (C=O) groups excluding carboxylic acids is 1. The van der Waals surface area contributed by atoms with E-state index in [1.165, 1.54) is 0 Å². The topological polar surface area (TPSA) is 117 Å². The van der Waals surface area contributed by atoms with Crippen LogP contribution < -0.4 is 20.1 Å². The van der Waals surface area contributed by atoms with Crippen LogP contribution in [-0.2, 0) is 10.2 Å². The summed E-state index contributed by atoms with van der Waals surface area (Å²) < 4.78 is 11.2. The number of amides is 1. The zero-order valence-electron chi connectivity index (χ0n) is 17.4. The molecule has 0 saturated carbocycles. The van der Waals surface area contributed by atoms with E-state index < -0.39 is 11.0 Å². The Morgan fingerprint density at radius 2 is 2.07 bits per heavy atom. The van der Waals surface area contributed by atoms with Gasteiger partial charge in [-0.2, -0.15) is 5.26 Å². The van der Waals surface area contributed by atoms with Crippen molar-refractivity contribution in [3.63, 3.8) is 0 Å². The van der Waals surface area contributed by atoms with Crippen molar-refractivity contribution < 1.29 is 14.3 Å². The normalized spacial score (nSPS) is 23.0. The number of fused-ring (bicyclic) bond motifs is 3. The molecule has 5 rings (SSSR count). The molecule has 8 heteroatoms. The zero-order valence-corrected chi connectivity index (χ0v) is 17.4. The first-order valence-electron chi connectivity index (χ1n) is 9.59. The van der Waals surface area contributed by atoms with Crippen molar-refractivity contribution >= 4 is 17.2 Å². The van der Waals surface area contributed by atoms with Gasteiger partial charge in [-0.25, -0.2) is 0 Å². The lowest BCUT2D eigenvalue weighted by atomic mass is 9.68. The van der Waals surface area contributed by atoms with Gasteiger partial charge in [0.05, 0.1) is 23.9 Å². The van der Waals surface area contributed by atoms with Crippen LogP contribution in [0.1, 0.15) is 43.2 Å². The summed E-state index contributed by atoms with van der Waals surface area (Å²) in [5, 5.41) is 17.2. The van der Waals surface area contributed by atoms with Crippen molar-refractivity contribution in [2.24, 2.45) is 5.73 Å². The van der Waals surface area contributed by atoms with Crippen LogP contribution in [0.4, 0.5) is 5.69 Å². The molecule has 0 fully saturated rings. The largest absolute Gasteiger partial charge is 0.497 e. The number of carbonyl (C=O) groups is 1. The number of anilines is 1. The molecule has 1 amide bonds. The van der Waals surface area contributed by atoms with Crippen molar-refractivity contribution in [3.8, 4) is 17.7 Å². The molecule has 3 aliphatic rings. The minimum Gasteiger partial charge on any atom is -0.497 e. The maximum absolute atomic E-state index is 14.3. The van der Waals surface area contributed by atoms with Crippen LogP contribution >= 0.6 is 0 Å². The Morgan fingerprint density at radius 1 is 1.33 bits per heavy atom. The first kappa shape index (κ1) is 18.3. The number of aryl methyl sites for hydroxylation is 1. The lowest BCUT2D eigenvalue weighted by molar-refractivity contribution is -0.121. The number of H-pyrrole nitrogens is 1. The van der Waals surface area contributed by atoms with Crippen LogP contribution in [0.3, 0.4) is 0 Å². The molecule has 0 bridgehead atoms. The highest BCUT2D eigenvalue weighted by molar-refractivity contribution is 6.18. The third-order valence-corrected chi connectivity index (χ3v) is 6.27. The summed E-state index contributed by atoms with van der Waals surface area (Å²) in [7, 11) is 1.58. The number of aromatic amines is 1. The van der Waals surface area contributed by atoms with E-state index in [1.54, 1.807) is 18.9 Å². The molecule has 1 aromatic heterocycles. The van der Waals surface area contributed by atoms with E-state index in [9.17, 15) is 10.1 Å². The summed E-state index contributed by atoms with van der Waals surface area (Å²) in [6.45, 7) is 7.77. The second-order valence-electron chi connectivity index (χ2n) is 8.42. The molecule has 152 valence electrons. The molecule has 4 heterocycles. The first-order chi connectivity index (χ1) is 14.2. The molecule has 0 saturated heterocycles. The lowest BCUT2D eigenvalue weighted by Gasteiger charge is -2.40. The van der Waals surface area contributed by atoms with Crippen molar-refractivity contribution in [2.75, 3.05) is 12.0 Å². The van der Waals surface area contributed by atoms with Gasteiger partial charge in [0.2, 0.25) is 17.7 Å². The quantitative estimate of drug-likeness (QED) is 0.756. The van der Waals surface area contributed by atoms with Gasteiger partial charge in [-0.15, -0.1) is 5.10 Å². The molecule has 30 heavy (non-hydrogen) atoms. The van der Waals surface area contributed by atoms with E-state index in [0.29, 0.717) is 22.6 Å². The van der Waals surface area contributed by atoms with Gasteiger partial charge in [-0.3, -0.25) is 9.89 Å². The number of hydrogen-bond donors (Lipinski definition) is 2. The fraction of sp³-hybridized carbons (Fsp3) is 0.318. The van der Waals surface area contributed by atoms with Crippen LogP contribution in [0.25, 0.3) is 5.57 Å². The minimum atomic E-state index is -1.46. The number of benzene rings is 1. The number of nitrogens with one attached hydrogen (secondary N) is 1. The standard InChI is InChI=1S/C22H21N5O3/c1-10-8-21(3,4)27-17-13(10)6-12(29-5)7-14(17)22(20(27)28)15(9-23)18(24)30-19-16(22)11(2)25-26-19/h6-8H,24H2,1-5H3,(H,25,26)/t22-/m0/s1. The van der Waals surface area contributed by atoms with Crippen molar-refractivity contribution in [3.05, 3.63) is 52.0 Å². The van der Waals surface area contributed by atoms with Crippen LogP contribution in [0.2, 0.25) is 0 Å². The van der Waals surface area contributed by atoms with E-state index in [2.05, 4.69) is 22.3 Å². The summed E-state index contributed by atoms with van der Waals surface area (Å²) in [6, 6.07) is 5.89. The summed E-state index contributed by atoms with van der Waals surface area (Å²) in [6.07, 6.45) is 2.05. The number of nitriles is 1. The molecule has 0 aliphatic carbocycles. The molecule has 1 aromatic carbocycles. The third-order valence-electron chi connectivity index (χ3n) is 6.27. The molecule has 2 aromatic rings. The molecular formula is C22H21N5O3. The number of nitrogens with zero attached hydrogens (tertiary/aromatic N) is 3. The number of aromatic nitrogens is 2. The zero-order chi connectivity index (χ0) is 21.6. The second-order valence-corrected chi connectivity index (χ2v) is 8.42. The van der Waals surface area contributed by atoms with Gasteiger partial charge in [0.1, 0.15) is 22.8 Å². The predicted octanol–water partition coefficient (Wildman–Crippen LogP) is 2.64. The molecular weight excluding hydrogens is 382 g/mol. The number of hydrogen-bond acceptors (Lipinski definition) is 6. The van der Waals surface area contributed by atoms with E-state index in [0.717, 1.165) is 16.8 Å². The van der Waals surface area contributed by atoms with Crippen LogP contribution in [0, 0.1) is 18.3 Å².